The summed E-state index contributed by atoms with van der Waals surface area (Å²) in [6.07, 6.45) is 7.69. The van der Waals surface area contributed by atoms with E-state index in [4.69, 9.17) is 4.74 Å². The van der Waals surface area contributed by atoms with E-state index in [0.717, 1.165) is 25.4 Å². The monoisotopic (exact) mass is 298 g/mol. The van der Waals surface area contributed by atoms with Gasteiger partial charge in [-0.15, -0.1) is 0 Å². The fourth-order valence-corrected chi connectivity index (χ4v) is 2.95. The third kappa shape index (κ3) is 6.66. The molecule has 2 rings (SSSR count). The zero-order valence-corrected chi connectivity index (χ0v) is 13.1. The second-order valence-electron chi connectivity index (χ2n) is 6.63. The van der Waals surface area contributed by atoms with E-state index < -0.39 is 6.10 Å². The summed E-state index contributed by atoms with van der Waals surface area (Å²) in [5.41, 5.74) is 0. The van der Waals surface area contributed by atoms with Crippen LogP contribution in [0.1, 0.15) is 51.9 Å². The molecule has 0 aromatic heterocycles. The van der Waals surface area contributed by atoms with Crippen LogP contribution >= 0.6 is 0 Å². The lowest BCUT2D eigenvalue weighted by Gasteiger charge is -2.29. The van der Waals surface area contributed by atoms with Crippen LogP contribution < -0.4 is 10.6 Å². The van der Waals surface area contributed by atoms with Crippen LogP contribution in [0, 0.1) is 11.8 Å². The van der Waals surface area contributed by atoms with Gasteiger partial charge in [-0.05, 0) is 37.5 Å². The zero-order valence-electron chi connectivity index (χ0n) is 13.1. The maximum atomic E-state index is 11.8. The number of carbonyl (C=O) groups excluding carboxylic acids is 1. The minimum atomic E-state index is -0.621. The summed E-state index contributed by atoms with van der Waals surface area (Å²) in [4.78, 5) is 11.8. The summed E-state index contributed by atoms with van der Waals surface area (Å²) in [5.74, 6) is 1.44. The van der Waals surface area contributed by atoms with Crippen molar-refractivity contribution in [3.63, 3.8) is 0 Å². The van der Waals surface area contributed by atoms with Crippen LogP contribution in [0.15, 0.2) is 0 Å². The molecule has 2 amide bonds. The van der Waals surface area contributed by atoms with Crippen molar-refractivity contribution in [3.8, 4) is 0 Å². The molecule has 0 radical (unpaired) electrons. The summed E-state index contributed by atoms with van der Waals surface area (Å²) < 4.78 is 5.41. The molecule has 2 aliphatic carbocycles. The molecule has 2 aliphatic rings. The van der Waals surface area contributed by atoms with Crippen molar-refractivity contribution < 1.29 is 14.6 Å². The van der Waals surface area contributed by atoms with Crippen molar-refractivity contribution >= 4 is 6.03 Å². The summed E-state index contributed by atoms with van der Waals surface area (Å²) in [5, 5.41) is 15.5. The Balaban J connectivity index is 1.53. The lowest BCUT2D eigenvalue weighted by molar-refractivity contribution is 0.0336. The molecule has 0 saturated heterocycles. The number of aliphatic hydroxyl groups is 1. The molecular formula is C16H30N2O3. The van der Waals surface area contributed by atoms with Gasteiger partial charge in [-0.2, -0.15) is 0 Å². The van der Waals surface area contributed by atoms with Gasteiger partial charge >= 0.3 is 6.03 Å². The van der Waals surface area contributed by atoms with Gasteiger partial charge in [-0.25, -0.2) is 4.79 Å². The average Bonchev–Trinajstić information content (AvgIpc) is 3.29. The van der Waals surface area contributed by atoms with Crippen molar-refractivity contribution in [2.24, 2.45) is 11.8 Å². The number of ether oxygens (including phenoxy) is 1. The normalized spacial score (nSPS) is 27.1. The quantitative estimate of drug-likeness (QED) is 0.642. The average molecular weight is 298 g/mol. The third-order valence-corrected chi connectivity index (χ3v) is 4.55. The first-order chi connectivity index (χ1) is 10.2. The lowest BCUT2D eigenvalue weighted by atomic mass is 9.84. The molecule has 0 bridgehead atoms. The van der Waals surface area contributed by atoms with E-state index in [9.17, 15) is 9.90 Å². The SMILES string of the molecule is CCC1CCCC(NC(=O)NCC(O)COCC2CC2)C1. The van der Waals surface area contributed by atoms with Gasteiger partial charge in [0.2, 0.25) is 0 Å². The largest absolute Gasteiger partial charge is 0.389 e. The van der Waals surface area contributed by atoms with Crippen LogP contribution in [0.5, 0.6) is 0 Å². The van der Waals surface area contributed by atoms with E-state index in [1.54, 1.807) is 0 Å². The predicted molar refractivity (Wildman–Crippen MR) is 82.1 cm³/mol. The fourth-order valence-electron chi connectivity index (χ4n) is 2.95. The first-order valence-corrected chi connectivity index (χ1v) is 8.47. The summed E-state index contributed by atoms with van der Waals surface area (Å²) in [6.45, 7) is 3.51. The first-order valence-electron chi connectivity index (χ1n) is 8.47. The molecule has 3 unspecified atom stereocenters. The van der Waals surface area contributed by atoms with Crippen LogP contribution in [-0.4, -0.2) is 43.0 Å². The van der Waals surface area contributed by atoms with Crippen molar-refractivity contribution in [1.82, 2.24) is 10.6 Å². The summed E-state index contributed by atoms with van der Waals surface area (Å²) >= 11 is 0. The van der Waals surface area contributed by atoms with E-state index in [1.165, 1.54) is 32.1 Å². The number of hydrogen-bond donors (Lipinski definition) is 3. The van der Waals surface area contributed by atoms with Gasteiger partial charge in [0.1, 0.15) is 0 Å². The number of carbonyl (C=O) groups is 1. The van der Waals surface area contributed by atoms with E-state index >= 15 is 0 Å². The molecule has 0 aromatic rings. The van der Waals surface area contributed by atoms with Gasteiger partial charge in [0.05, 0.1) is 12.7 Å². The summed E-state index contributed by atoms with van der Waals surface area (Å²) in [7, 11) is 0. The zero-order chi connectivity index (χ0) is 15.1. The molecular weight excluding hydrogens is 268 g/mol. The van der Waals surface area contributed by atoms with Gasteiger partial charge in [-0.1, -0.05) is 26.2 Å². The molecule has 0 spiro atoms. The molecule has 2 saturated carbocycles. The first kappa shape index (κ1) is 16.6. The number of urea groups is 1. The van der Waals surface area contributed by atoms with Crippen LogP contribution in [0.2, 0.25) is 0 Å². The Morgan fingerprint density at radius 1 is 1.29 bits per heavy atom. The Bertz CT molecular complexity index is 321. The maximum Gasteiger partial charge on any atom is 0.315 e. The molecule has 21 heavy (non-hydrogen) atoms. The molecule has 5 heteroatoms. The minimum Gasteiger partial charge on any atom is -0.389 e. The molecule has 0 aromatic carbocycles. The highest BCUT2D eigenvalue weighted by molar-refractivity contribution is 5.74. The molecule has 3 N–H and O–H groups in total. The van der Waals surface area contributed by atoms with Crippen molar-refractivity contribution in [1.29, 1.82) is 0 Å². The fraction of sp³-hybridized carbons (Fsp3) is 0.938. The smallest absolute Gasteiger partial charge is 0.315 e. The number of aliphatic hydroxyl groups excluding tert-OH is 1. The van der Waals surface area contributed by atoms with E-state index in [1.807, 2.05) is 0 Å². The second kappa shape index (κ2) is 8.59. The third-order valence-electron chi connectivity index (χ3n) is 4.55. The molecule has 3 atom stereocenters. The van der Waals surface area contributed by atoms with Gasteiger partial charge < -0.3 is 20.5 Å². The van der Waals surface area contributed by atoms with Crippen LogP contribution in [-0.2, 0) is 4.74 Å². The number of rotatable bonds is 8. The molecule has 0 heterocycles. The number of nitrogens with one attached hydrogen (secondary N) is 2. The molecule has 122 valence electrons. The predicted octanol–water partition coefficient (Wildman–Crippen LogP) is 2.04. The summed E-state index contributed by atoms with van der Waals surface area (Å²) in [6, 6.07) is 0.116. The molecule has 0 aliphatic heterocycles. The van der Waals surface area contributed by atoms with E-state index in [-0.39, 0.29) is 18.6 Å². The Labute approximate surface area is 127 Å². The Hall–Kier alpha value is -0.810. The highest BCUT2D eigenvalue weighted by Crippen LogP contribution is 2.28. The van der Waals surface area contributed by atoms with Crippen molar-refractivity contribution in [2.75, 3.05) is 19.8 Å². The minimum absolute atomic E-state index is 0.169. The lowest BCUT2D eigenvalue weighted by Crippen LogP contribution is -2.46. The van der Waals surface area contributed by atoms with Crippen molar-refractivity contribution in [3.05, 3.63) is 0 Å². The molecule has 2 fully saturated rings. The Morgan fingerprint density at radius 2 is 2.10 bits per heavy atom. The van der Waals surface area contributed by atoms with E-state index in [0.29, 0.717) is 12.5 Å². The Kier molecular flexibility index (Phi) is 6.77. The number of amides is 2. The molecule has 5 nitrogen and oxygen atoms in total. The van der Waals surface area contributed by atoms with E-state index in [2.05, 4.69) is 17.6 Å². The van der Waals surface area contributed by atoms with Gasteiger partial charge in [-0.3, -0.25) is 0 Å². The van der Waals surface area contributed by atoms with Crippen LogP contribution in [0.25, 0.3) is 0 Å². The highest BCUT2D eigenvalue weighted by Gasteiger charge is 2.23. The van der Waals surface area contributed by atoms with Crippen LogP contribution in [0.4, 0.5) is 4.79 Å². The van der Waals surface area contributed by atoms with Crippen molar-refractivity contribution in [2.45, 2.75) is 64.0 Å². The number of hydrogen-bond acceptors (Lipinski definition) is 3. The van der Waals surface area contributed by atoms with Gasteiger partial charge in [0, 0.05) is 19.2 Å². The Morgan fingerprint density at radius 3 is 2.81 bits per heavy atom. The van der Waals surface area contributed by atoms with Gasteiger partial charge in [0.25, 0.3) is 0 Å². The highest BCUT2D eigenvalue weighted by atomic mass is 16.5. The van der Waals surface area contributed by atoms with Crippen LogP contribution in [0.3, 0.4) is 0 Å². The standard InChI is InChI=1S/C16H30N2O3/c1-2-12-4-3-5-14(8-12)18-16(20)17-9-15(19)11-21-10-13-6-7-13/h12-15,19H,2-11H2,1H3,(H2,17,18,20). The second-order valence-corrected chi connectivity index (χ2v) is 6.63. The maximum absolute atomic E-state index is 11.8. The van der Waals surface area contributed by atoms with Gasteiger partial charge in [0.15, 0.2) is 0 Å². The topological polar surface area (TPSA) is 70.6 Å².